The number of furan rings is 1. The summed E-state index contributed by atoms with van der Waals surface area (Å²) in [5.74, 6) is 2.93. The summed E-state index contributed by atoms with van der Waals surface area (Å²) in [7, 11) is -0.0912. The molecular formula is C17H28N2O3S. The molecule has 0 saturated heterocycles. The lowest BCUT2D eigenvalue weighted by molar-refractivity contribution is 0.264. The number of hydrogen-bond acceptors (Lipinski definition) is 3. The molecule has 0 N–H and O–H groups in total. The summed E-state index contributed by atoms with van der Waals surface area (Å²) >= 11 is 0. The third-order valence-corrected chi connectivity index (χ3v) is 7.33. The van der Waals surface area contributed by atoms with Crippen molar-refractivity contribution in [2.24, 2.45) is 5.92 Å². The molecule has 2 saturated carbocycles. The summed E-state index contributed by atoms with van der Waals surface area (Å²) < 4.78 is 34.3. The molecule has 0 radical (unpaired) electrons. The van der Waals surface area contributed by atoms with Crippen LogP contribution in [0.3, 0.4) is 0 Å². The van der Waals surface area contributed by atoms with Crippen molar-refractivity contribution >= 4 is 10.2 Å². The van der Waals surface area contributed by atoms with Gasteiger partial charge >= 0.3 is 0 Å². The minimum Gasteiger partial charge on any atom is -0.464 e. The monoisotopic (exact) mass is 340 g/mol. The fraction of sp³-hybridized carbons (Fsp3) is 0.765. The van der Waals surface area contributed by atoms with E-state index in [0.717, 1.165) is 37.2 Å². The Kier molecular flexibility index (Phi) is 4.85. The molecule has 2 aliphatic rings. The SMILES string of the molecule is C[C@H]1C[C@H]1c1ccc(CN(C)S(=O)(=O)N(C)C2CCCCC2)o1. The summed E-state index contributed by atoms with van der Waals surface area (Å²) in [5, 5.41) is 0. The standard InChI is InChI=1S/C17H28N2O3S/c1-13-11-16(13)17-10-9-15(22-17)12-18(2)23(20,21)19(3)14-7-5-4-6-8-14/h9-10,13-14,16H,4-8,11-12H2,1-3H3/t13-,16+/m0/s1. The fourth-order valence-electron chi connectivity index (χ4n) is 3.55. The Morgan fingerprint density at radius 3 is 2.43 bits per heavy atom. The molecule has 2 atom stereocenters. The van der Waals surface area contributed by atoms with E-state index in [4.69, 9.17) is 4.42 Å². The highest BCUT2D eigenvalue weighted by Gasteiger charge is 2.37. The Hall–Kier alpha value is -0.850. The minimum absolute atomic E-state index is 0.135. The first-order valence-corrected chi connectivity index (χ1v) is 10.1. The Bertz CT molecular complexity index is 634. The molecule has 0 spiro atoms. The summed E-state index contributed by atoms with van der Waals surface area (Å²) in [5.41, 5.74) is 0. The van der Waals surface area contributed by atoms with Gasteiger partial charge in [-0.2, -0.15) is 17.0 Å². The first-order chi connectivity index (χ1) is 10.9. The highest BCUT2D eigenvalue weighted by Crippen LogP contribution is 2.47. The zero-order valence-corrected chi connectivity index (χ0v) is 15.2. The van der Waals surface area contributed by atoms with Crippen LogP contribution in [0.5, 0.6) is 0 Å². The maximum Gasteiger partial charge on any atom is 0.282 e. The second-order valence-corrected chi connectivity index (χ2v) is 9.29. The molecule has 0 aromatic carbocycles. The number of hydrogen-bond donors (Lipinski definition) is 0. The Morgan fingerprint density at radius 2 is 1.83 bits per heavy atom. The maximum absolute atomic E-state index is 12.7. The second-order valence-electron chi connectivity index (χ2n) is 7.20. The van der Waals surface area contributed by atoms with Crippen LogP contribution in [-0.4, -0.2) is 37.2 Å². The third kappa shape index (κ3) is 3.64. The van der Waals surface area contributed by atoms with Crippen LogP contribution in [-0.2, 0) is 16.8 Å². The second kappa shape index (κ2) is 6.57. The van der Waals surface area contributed by atoms with Crippen LogP contribution >= 0.6 is 0 Å². The van der Waals surface area contributed by atoms with E-state index >= 15 is 0 Å². The van der Waals surface area contributed by atoms with Gasteiger partial charge in [0.1, 0.15) is 11.5 Å². The quantitative estimate of drug-likeness (QED) is 0.798. The van der Waals surface area contributed by atoms with Gasteiger partial charge in [0, 0.05) is 26.1 Å². The molecule has 1 aromatic heterocycles. The van der Waals surface area contributed by atoms with E-state index in [2.05, 4.69) is 6.92 Å². The molecule has 1 aromatic rings. The van der Waals surface area contributed by atoms with Crippen LogP contribution in [0.25, 0.3) is 0 Å². The predicted octanol–water partition coefficient (Wildman–Crippen LogP) is 3.34. The van der Waals surface area contributed by atoms with E-state index in [9.17, 15) is 8.42 Å². The topological polar surface area (TPSA) is 53.8 Å². The van der Waals surface area contributed by atoms with E-state index in [0.29, 0.717) is 18.4 Å². The summed E-state index contributed by atoms with van der Waals surface area (Å²) in [6.45, 7) is 2.50. The van der Waals surface area contributed by atoms with Crippen LogP contribution in [0.15, 0.2) is 16.5 Å². The fourth-order valence-corrected chi connectivity index (χ4v) is 4.87. The van der Waals surface area contributed by atoms with Crippen molar-refractivity contribution in [2.75, 3.05) is 14.1 Å². The van der Waals surface area contributed by atoms with E-state index in [1.54, 1.807) is 18.4 Å². The van der Waals surface area contributed by atoms with Gasteiger partial charge in [-0.3, -0.25) is 0 Å². The molecule has 6 heteroatoms. The van der Waals surface area contributed by atoms with Crippen LogP contribution in [0.1, 0.15) is 62.9 Å². The summed E-state index contributed by atoms with van der Waals surface area (Å²) in [4.78, 5) is 0. The molecule has 1 heterocycles. The predicted molar refractivity (Wildman–Crippen MR) is 90.3 cm³/mol. The van der Waals surface area contributed by atoms with Gasteiger partial charge in [0.05, 0.1) is 6.54 Å². The van der Waals surface area contributed by atoms with Crippen molar-refractivity contribution in [1.82, 2.24) is 8.61 Å². The lowest BCUT2D eigenvalue weighted by atomic mass is 9.96. The van der Waals surface area contributed by atoms with E-state index < -0.39 is 10.2 Å². The highest BCUT2D eigenvalue weighted by atomic mass is 32.2. The molecule has 0 bridgehead atoms. The van der Waals surface area contributed by atoms with E-state index in [1.165, 1.54) is 17.1 Å². The van der Waals surface area contributed by atoms with E-state index in [1.807, 2.05) is 12.1 Å². The van der Waals surface area contributed by atoms with Crippen LogP contribution in [0.2, 0.25) is 0 Å². The molecule has 3 rings (SSSR count). The largest absolute Gasteiger partial charge is 0.464 e. The van der Waals surface area contributed by atoms with Gasteiger partial charge in [-0.05, 0) is 37.3 Å². The minimum atomic E-state index is -3.44. The van der Waals surface area contributed by atoms with Crippen LogP contribution in [0.4, 0.5) is 0 Å². The molecule has 0 amide bonds. The molecule has 2 aliphatic carbocycles. The first-order valence-electron chi connectivity index (χ1n) is 8.67. The molecular weight excluding hydrogens is 312 g/mol. The average Bonchev–Trinajstić information content (AvgIpc) is 3.09. The average molecular weight is 340 g/mol. The van der Waals surface area contributed by atoms with Crippen molar-refractivity contribution in [3.05, 3.63) is 23.7 Å². The van der Waals surface area contributed by atoms with E-state index in [-0.39, 0.29) is 6.04 Å². The van der Waals surface area contributed by atoms with Crippen molar-refractivity contribution in [3.8, 4) is 0 Å². The molecule has 2 fully saturated rings. The lowest BCUT2D eigenvalue weighted by Gasteiger charge is -2.32. The third-order valence-electron chi connectivity index (χ3n) is 5.38. The molecule has 130 valence electrons. The zero-order valence-electron chi connectivity index (χ0n) is 14.4. The molecule has 5 nitrogen and oxygen atoms in total. The van der Waals surface area contributed by atoms with Gasteiger partial charge in [0.15, 0.2) is 0 Å². The lowest BCUT2D eigenvalue weighted by Crippen LogP contribution is -2.45. The van der Waals surface area contributed by atoms with Crippen LogP contribution in [0, 0.1) is 5.92 Å². The Morgan fingerprint density at radius 1 is 1.17 bits per heavy atom. The number of nitrogens with zero attached hydrogens (tertiary/aromatic N) is 2. The molecule has 0 aliphatic heterocycles. The summed E-state index contributed by atoms with van der Waals surface area (Å²) in [6, 6.07) is 4.04. The smallest absolute Gasteiger partial charge is 0.282 e. The van der Waals surface area contributed by atoms with Crippen molar-refractivity contribution in [1.29, 1.82) is 0 Å². The molecule has 23 heavy (non-hydrogen) atoms. The molecule has 0 unspecified atom stereocenters. The number of rotatable bonds is 6. The van der Waals surface area contributed by atoms with Crippen molar-refractivity contribution in [2.45, 2.75) is 64.0 Å². The van der Waals surface area contributed by atoms with Gasteiger partial charge in [0.25, 0.3) is 10.2 Å². The highest BCUT2D eigenvalue weighted by molar-refractivity contribution is 7.86. The van der Waals surface area contributed by atoms with Gasteiger partial charge in [-0.15, -0.1) is 0 Å². The normalized spacial score (nSPS) is 26.1. The van der Waals surface area contributed by atoms with Gasteiger partial charge in [-0.1, -0.05) is 26.2 Å². The Balaban J connectivity index is 1.63. The van der Waals surface area contributed by atoms with Gasteiger partial charge < -0.3 is 4.42 Å². The maximum atomic E-state index is 12.7. The van der Waals surface area contributed by atoms with Crippen molar-refractivity contribution in [3.63, 3.8) is 0 Å². The first kappa shape index (κ1) is 17.0. The summed E-state index contributed by atoms with van der Waals surface area (Å²) in [6.07, 6.45) is 6.56. The van der Waals surface area contributed by atoms with Gasteiger partial charge in [0.2, 0.25) is 0 Å². The van der Waals surface area contributed by atoms with Gasteiger partial charge in [-0.25, -0.2) is 0 Å². The van der Waals surface area contributed by atoms with Crippen LogP contribution < -0.4 is 0 Å². The Labute approximate surface area is 139 Å². The van der Waals surface area contributed by atoms with Crippen molar-refractivity contribution < 1.29 is 12.8 Å². The zero-order chi connectivity index (χ0) is 16.6.